The van der Waals surface area contributed by atoms with Crippen LogP contribution in [0.1, 0.15) is 32.8 Å². The predicted octanol–water partition coefficient (Wildman–Crippen LogP) is 2.43. The molecular formula is C22H36N4O5. The Morgan fingerprint density at radius 3 is 2.32 bits per heavy atom. The smallest absolute Gasteiger partial charge is 0.407 e. The van der Waals surface area contributed by atoms with Crippen molar-refractivity contribution < 1.29 is 23.7 Å². The topological polar surface area (TPSA) is 93.7 Å². The standard InChI is InChI=1S/C22H36N4O5/c1-22(2,3)31-21(27)25-15-9-11-26(14-15)20(23-4)24-10-8-17-18(29-6)12-16(28-5)13-19(17)30-7/h12-13,15H,8-11,14H2,1-7H3,(H,23,24)(H,25,27). The Balaban J connectivity index is 1.92. The fourth-order valence-corrected chi connectivity index (χ4v) is 3.50. The lowest BCUT2D eigenvalue weighted by atomic mass is 10.1. The van der Waals surface area contributed by atoms with Crippen LogP contribution in [0.4, 0.5) is 4.79 Å². The van der Waals surface area contributed by atoms with Gasteiger partial charge in [-0.05, 0) is 33.6 Å². The van der Waals surface area contributed by atoms with Gasteiger partial charge in [-0.2, -0.15) is 0 Å². The number of hydrogen-bond donors (Lipinski definition) is 2. The van der Waals surface area contributed by atoms with E-state index in [9.17, 15) is 4.79 Å². The van der Waals surface area contributed by atoms with Crippen molar-refractivity contribution in [2.45, 2.75) is 45.3 Å². The maximum atomic E-state index is 12.0. The first-order chi connectivity index (χ1) is 14.7. The molecule has 1 aliphatic rings. The third-order valence-corrected chi connectivity index (χ3v) is 4.90. The first-order valence-corrected chi connectivity index (χ1v) is 10.4. The van der Waals surface area contributed by atoms with Crippen LogP contribution in [-0.2, 0) is 11.2 Å². The number of ether oxygens (including phenoxy) is 4. The molecule has 1 atom stereocenters. The number of carbonyl (C=O) groups excluding carboxylic acids is 1. The number of likely N-dealkylation sites (tertiary alicyclic amines) is 1. The molecular weight excluding hydrogens is 400 g/mol. The predicted molar refractivity (Wildman–Crippen MR) is 121 cm³/mol. The lowest BCUT2D eigenvalue weighted by molar-refractivity contribution is 0.0507. The quantitative estimate of drug-likeness (QED) is 0.501. The minimum atomic E-state index is -0.510. The van der Waals surface area contributed by atoms with E-state index in [1.54, 1.807) is 28.4 Å². The van der Waals surface area contributed by atoms with Gasteiger partial charge in [0.2, 0.25) is 0 Å². The Morgan fingerprint density at radius 1 is 1.16 bits per heavy atom. The number of guanidine groups is 1. The number of amides is 1. The minimum Gasteiger partial charge on any atom is -0.496 e. The van der Waals surface area contributed by atoms with Crippen LogP contribution in [-0.4, -0.2) is 76.6 Å². The molecule has 9 nitrogen and oxygen atoms in total. The van der Waals surface area contributed by atoms with E-state index in [2.05, 4.69) is 20.5 Å². The van der Waals surface area contributed by atoms with E-state index in [1.807, 2.05) is 32.9 Å². The van der Waals surface area contributed by atoms with E-state index in [1.165, 1.54) is 0 Å². The average Bonchev–Trinajstić information content (AvgIpc) is 3.17. The number of aliphatic imine (C=N–C) groups is 1. The molecule has 1 aliphatic heterocycles. The molecule has 1 aromatic rings. The third kappa shape index (κ3) is 7.11. The summed E-state index contributed by atoms with van der Waals surface area (Å²) < 4.78 is 21.7. The van der Waals surface area contributed by atoms with Crippen molar-refractivity contribution in [1.29, 1.82) is 0 Å². The van der Waals surface area contributed by atoms with Crippen LogP contribution >= 0.6 is 0 Å². The molecule has 9 heteroatoms. The van der Waals surface area contributed by atoms with E-state index < -0.39 is 5.60 Å². The Labute approximate surface area is 185 Å². The molecule has 1 aromatic carbocycles. The zero-order valence-corrected chi connectivity index (χ0v) is 19.7. The Hall–Kier alpha value is -2.84. The Bertz CT molecular complexity index is 751. The van der Waals surface area contributed by atoms with E-state index >= 15 is 0 Å². The average molecular weight is 437 g/mol. The summed E-state index contributed by atoms with van der Waals surface area (Å²) in [6, 6.07) is 3.72. The number of rotatable bonds is 7. The molecule has 1 saturated heterocycles. The SMILES string of the molecule is CN=C(NCCc1c(OC)cc(OC)cc1OC)N1CCC(NC(=O)OC(C)(C)C)C1. The van der Waals surface area contributed by atoms with Crippen LogP contribution in [0.2, 0.25) is 0 Å². The van der Waals surface area contributed by atoms with Gasteiger partial charge in [-0.1, -0.05) is 0 Å². The van der Waals surface area contributed by atoms with Gasteiger partial charge < -0.3 is 34.5 Å². The lowest BCUT2D eigenvalue weighted by Crippen LogP contribution is -2.44. The normalized spacial score (nSPS) is 16.7. The molecule has 1 amide bonds. The monoisotopic (exact) mass is 436 g/mol. The van der Waals surface area contributed by atoms with Crippen molar-refractivity contribution in [3.05, 3.63) is 17.7 Å². The zero-order valence-electron chi connectivity index (χ0n) is 19.7. The van der Waals surface area contributed by atoms with Gasteiger partial charge in [0.05, 0.1) is 27.4 Å². The van der Waals surface area contributed by atoms with E-state index in [0.29, 0.717) is 25.3 Å². The molecule has 0 spiro atoms. The van der Waals surface area contributed by atoms with E-state index in [-0.39, 0.29) is 12.1 Å². The Morgan fingerprint density at radius 2 is 1.81 bits per heavy atom. The summed E-state index contributed by atoms with van der Waals surface area (Å²) in [5, 5.41) is 6.33. The fourth-order valence-electron chi connectivity index (χ4n) is 3.50. The molecule has 174 valence electrons. The van der Waals surface area contributed by atoms with Crippen LogP contribution in [0.25, 0.3) is 0 Å². The number of hydrogen-bond acceptors (Lipinski definition) is 6. The van der Waals surface area contributed by atoms with Crippen LogP contribution in [0.3, 0.4) is 0 Å². The lowest BCUT2D eigenvalue weighted by Gasteiger charge is -2.23. The molecule has 0 aliphatic carbocycles. The highest BCUT2D eigenvalue weighted by Gasteiger charge is 2.28. The summed E-state index contributed by atoms with van der Waals surface area (Å²) in [6.07, 6.45) is 1.13. The van der Waals surface area contributed by atoms with Gasteiger partial charge in [0.25, 0.3) is 0 Å². The van der Waals surface area contributed by atoms with Gasteiger partial charge in [-0.15, -0.1) is 0 Å². The van der Waals surface area contributed by atoms with Crippen LogP contribution in [0.15, 0.2) is 17.1 Å². The van der Waals surface area contributed by atoms with Gasteiger partial charge in [-0.3, -0.25) is 4.99 Å². The summed E-state index contributed by atoms with van der Waals surface area (Å²) in [5.41, 5.74) is 0.448. The second-order valence-electron chi connectivity index (χ2n) is 8.31. The second-order valence-corrected chi connectivity index (χ2v) is 8.31. The van der Waals surface area contributed by atoms with Crippen molar-refractivity contribution in [2.24, 2.45) is 4.99 Å². The summed E-state index contributed by atoms with van der Waals surface area (Å²) in [7, 11) is 6.63. The van der Waals surface area contributed by atoms with Crippen molar-refractivity contribution in [1.82, 2.24) is 15.5 Å². The molecule has 31 heavy (non-hydrogen) atoms. The van der Waals surface area contributed by atoms with E-state index in [4.69, 9.17) is 18.9 Å². The molecule has 1 unspecified atom stereocenters. The van der Waals surface area contributed by atoms with Crippen LogP contribution < -0.4 is 24.8 Å². The molecule has 0 radical (unpaired) electrons. The molecule has 2 rings (SSSR count). The summed E-state index contributed by atoms with van der Waals surface area (Å²) >= 11 is 0. The number of nitrogens with zero attached hydrogens (tertiary/aromatic N) is 2. The molecule has 0 saturated carbocycles. The number of carbonyl (C=O) groups is 1. The molecule has 1 fully saturated rings. The van der Waals surface area contributed by atoms with Crippen LogP contribution in [0.5, 0.6) is 17.2 Å². The Kier molecular flexibility index (Phi) is 8.65. The first-order valence-electron chi connectivity index (χ1n) is 10.4. The highest BCUT2D eigenvalue weighted by molar-refractivity contribution is 5.80. The summed E-state index contributed by atoms with van der Waals surface area (Å²) in [4.78, 5) is 18.5. The number of alkyl carbamates (subject to hydrolysis) is 1. The zero-order chi connectivity index (χ0) is 23.0. The van der Waals surface area contributed by atoms with Gasteiger partial charge in [-0.25, -0.2) is 4.79 Å². The van der Waals surface area contributed by atoms with E-state index in [0.717, 1.165) is 36.0 Å². The molecule has 2 N–H and O–H groups in total. The fraction of sp³-hybridized carbons (Fsp3) is 0.636. The molecule has 0 aromatic heterocycles. The van der Waals surface area contributed by atoms with Crippen molar-refractivity contribution in [2.75, 3.05) is 48.0 Å². The highest BCUT2D eigenvalue weighted by Crippen LogP contribution is 2.34. The van der Waals surface area contributed by atoms with Crippen molar-refractivity contribution in [3.8, 4) is 17.2 Å². The number of methoxy groups -OCH3 is 3. The number of nitrogens with one attached hydrogen (secondary N) is 2. The van der Waals surface area contributed by atoms with Crippen LogP contribution in [0, 0.1) is 0 Å². The number of benzene rings is 1. The van der Waals surface area contributed by atoms with Crippen molar-refractivity contribution >= 4 is 12.1 Å². The second kappa shape index (κ2) is 11.0. The minimum absolute atomic E-state index is 0.0233. The summed E-state index contributed by atoms with van der Waals surface area (Å²) in [5.74, 6) is 2.91. The molecule has 0 bridgehead atoms. The highest BCUT2D eigenvalue weighted by atomic mass is 16.6. The summed E-state index contributed by atoms with van der Waals surface area (Å²) in [6.45, 7) is 7.68. The first kappa shape index (κ1) is 24.4. The largest absolute Gasteiger partial charge is 0.496 e. The van der Waals surface area contributed by atoms with Gasteiger partial charge in [0.1, 0.15) is 22.8 Å². The maximum Gasteiger partial charge on any atom is 0.407 e. The van der Waals surface area contributed by atoms with Gasteiger partial charge in [0, 0.05) is 44.4 Å². The maximum absolute atomic E-state index is 12.0. The van der Waals surface area contributed by atoms with Gasteiger partial charge in [0.15, 0.2) is 5.96 Å². The van der Waals surface area contributed by atoms with Gasteiger partial charge >= 0.3 is 6.09 Å². The molecule has 1 heterocycles. The third-order valence-electron chi connectivity index (χ3n) is 4.90. The van der Waals surface area contributed by atoms with Crippen molar-refractivity contribution in [3.63, 3.8) is 0 Å².